The molecule has 1 N–H and O–H groups in total. The summed E-state index contributed by atoms with van der Waals surface area (Å²) in [5.41, 5.74) is 1.76. The van der Waals surface area contributed by atoms with Crippen molar-refractivity contribution in [1.82, 2.24) is 0 Å². The predicted molar refractivity (Wildman–Crippen MR) is 81.0 cm³/mol. The van der Waals surface area contributed by atoms with Gasteiger partial charge in [0.25, 0.3) is 5.69 Å². The van der Waals surface area contributed by atoms with Crippen LogP contribution in [-0.4, -0.2) is 11.5 Å². The first-order chi connectivity index (χ1) is 10.1. The summed E-state index contributed by atoms with van der Waals surface area (Å²) in [6.07, 6.45) is 1.74. The van der Waals surface area contributed by atoms with Crippen molar-refractivity contribution in [3.05, 3.63) is 69.5 Å². The van der Waals surface area contributed by atoms with E-state index in [2.05, 4.69) is 5.32 Å². The SMILES string of the molecule is Cc1cc(NCCCc2ccccc2)c([N+](=O)[O-])cc1F. The lowest BCUT2D eigenvalue weighted by molar-refractivity contribution is -0.384. The minimum atomic E-state index is -0.567. The third kappa shape index (κ3) is 4.02. The number of hydrogen-bond donors (Lipinski definition) is 1. The van der Waals surface area contributed by atoms with E-state index in [-0.39, 0.29) is 5.69 Å². The molecule has 0 heterocycles. The summed E-state index contributed by atoms with van der Waals surface area (Å²) in [5.74, 6) is -0.559. The van der Waals surface area contributed by atoms with Crippen molar-refractivity contribution >= 4 is 11.4 Å². The average Bonchev–Trinajstić information content (AvgIpc) is 2.47. The van der Waals surface area contributed by atoms with Gasteiger partial charge in [0, 0.05) is 6.54 Å². The highest BCUT2D eigenvalue weighted by atomic mass is 19.1. The Morgan fingerprint density at radius 1 is 1.24 bits per heavy atom. The van der Waals surface area contributed by atoms with Gasteiger partial charge in [0.1, 0.15) is 11.5 Å². The Balaban J connectivity index is 1.96. The number of nitro benzene ring substituents is 1. The zero-order chi connectivity index (χ0) is 15.2. The molecule has 2 rings (SSSR count). The number of hydrogen-bond acceptors (Lipinski definition) is 3. The summed E-state index contributed by atoms with van der Waals surface area (Å²) in [6, 6.07) is 12.5. The minimum Gasteiger partial charge on any atom is -0.379 e. The van der Waals surface area contributed by atoms with Crippen molar-refractivity contribution < 1.29 is 9.31 Å². The zero-order valence-electron chi connectivity index (χ0n) is 11.8. The lowest BCUT2D eigenvalue weighted by Gasteiger charge is -2.08. The highest BCUT2D eigenvalue weighted by Crippen LogP contribution is 2.27. The first-order valence-corrected chi connectivity index (χ1v) is 6.80. The predicted octanol–water partition coefficient (Wildman–Crippen LogP) is 4.09. The number of nitrogens with one attached hydrogen (secondary N) is 1. The van der Waals surface area contributed by atoms with Gasteiger partial charge < -0.3 is 5.32 Å². The highest BCUT2D eigenvalue weighted by Gasteiger charge is 2.16. The molecule has 21 heavy (non-hydrogen) atoms. The fraction of sp³-hybridized carbons (Fsp3) is 0.250. The number of anilines is 1. The number of nitrogens with zero attached hydrogens (tertiary/aromatic N) is 1. The molecule has 0 fully saturated rings. The second-order valence-electron chi connectivity index (χ2n) is 4.89. The van der Waals surface area contributed by atoms with Crippen LogP contribution >= 0.6 is 0 Å². The van der Waals surface area contributed by atoms with E-state index < -0.39 is 10.7 Å². The molecule has 0 saturated heterocycles. The van der Waals surface area contributed by atoms with Crippen LogP contribution in [0.2, 0.25) is 0 Å². The monoisotopic (exact) mass is 288 g/mol. The molecule has 0 aliphatic carbocycles. The Morgan fingerprint density at radius 2 is 1.95 bits per heavy atom. The molecule has 0 amide bonds. The summed E-state index contributed by atoms with van der Waals surface area (Å²) in [6.45, 7) is 2.19. The van der Waals surface area contributed by atoms with E-state index in [4.69, 9.17) is 0 Å². The Labute approximate surface area is 122 Å². The summed E-state index contributed by atoms with van der Waals surface area (Å²) in [7, 11) is 0. The van der Waals surface area contributed by atoms with Crippen molar-refractivity contribution in [2.45, 2.75) is 19.8 Å². The molecular formula is C16H17FN2O2. The normalized spacial score (nSPS) is 10.4. The Bertz CT molecular complexity index is 630. The summed E-state index contributed by atoms with van der Waals surface area (Å²) >= 11 is 0. The Kier molecular flexibility index (Phi) is 4.87. The molecule has 0 atom stereocenters. The van der Waals surface area contributed by atoms with Crippen LogP contribution in [0.3, 0.4) is 0 Å². The second-order valence-corrected chi connectivity index (χ2v) is 4.89. The molecule has 5 heteroatoms. The highest BCUT2D eigenvalue weighted by molar-refractivity contribution is 5.63. The summed E-state index contributed by atoms with van der Waals surface area (Å²) in [4.78, 5) is 10.4. The second kappa shape index (κ2) is 6.83. The average molecular weight is 288 g/mol. The van der Waals surface area contributed by atoms with Crippen molar-refractivity contribution in [3.63, 3.8) is 0 Å². The molecule has 0 aliphatic heterocycles. The molecule has 0 radical (unpaired) electrons. The van der Waals surface area contributed by atoms with Crippen molar-refractivity contribution in [1.29, 1.82) is 0 Å². The molecule has 0 spiro atoms. The number of rotatable bonds is 6. The van der Waals surface area contributed by atoms with Crippen LogP contribution in [0.15, 0.2) is 42.5 Å². The van der Waals surface area contributed by atoms with E-state index >= 15 is 0 Å². The van der Waals surface area contributed by atoms with E-state index in [1.807, 2.05) is 30.3 Å². The molecular weight excluding hydrogens is 271 g/mol. The van der Waals surface area contributed by atoms with Gasteiger partial charge in [-0.15, -0.1) is 0 Å². The molecule has 0 aliphatic rings. The molecule has 2 aromatic rings. The van der Waals surface area contributed by atoms with Gasteiger partial charge in [0.15, 0.2) is 0 Å². The lowest BCUT2D eigenvalue weighted by Crippen LogP contribution is -2.06. The quantitative estimate of drug-likeness (QED) is 0.495. The van der Waals surface area contributed by atoms with Crippen molar-refractivity contribution in [2.75, 3.05) is 11.9 Å². The molecule has 0 bridgehead atoms. The number of aryl methyl sites for hydroxylation is 2. The van der Waals surface area contributed by atoms with Crippen LogP contribution < -0.4 is 5.32 Å². The third-order valence-electron chi connectivity index (χ3n) is 3.27. The molecule has 110 valence electrons. The van der Waals surface area contributed by atoms with Crippen molar-refractivity contribution in [3.8, 4) is 0 Å². The van der Waals surface area contributed by atoms with Crippen LogP contribution in [0.25, 0.3) is 0 Å². The first-order valence-electron chi connectivity index (χ1n) is 6.80. The lowest BCUT2D eigenvalue weighted by atomic mass is 10.1. The van der Waals surface area contributed by atoms with E-state index in [1.165, 1.54) is 11.6 Å². The maximum absolute atomic E-state index is 13.4. The van der Waals surface area contributed by atoms with Gasteiger partial charge in [0.2, 0.25) is 0 Å². The van der Waals surface area contributed by atoms with E-state index in [0.717, 1.165) is 18.9 Å². The van der Waals surface area contributed by atoms with Gasteiger partial charge in [-0.25, -0.2) is 4.39 Å². The molecule has 2 aromatic carbocycles. The zero-order valence-corrected chi connectivity index (χ0v) is 11.8. The Morgan fingerprint density at radius 3 is 2.62 bits per heavy atom. The van der Waals surface area contributed by atoms with Crippen LogP contribution in [0.4, 0.5) is 15.8 Å². The minimum absolute atomic E-state index is 0.224. The summed E-state index contributed by atoms with van der Waals surface area (Å²) < 4.78 is 13.4. The summed E-state index contributed by atoms with van der Waals surface area (Å²) in [5, 5.41) is 14.0. The van der Waals surface area contributed by atoms with Gasteiger partial charge in [-0.2, -0.15) is 0 Å². The fourth-order valence-electron chi connectivity index (χ4n) is 2.12. The van der Waals surface area contributed by atoms with Crippen LogP contribution in [0, 0.1) is 22.9 Å². The maximum atomic E-state index is 13.4. The van der Waals surface area contributed by atoms with Gasteiger partial charge in [-0.05, 0) is 37.0 Å². The number of halogens is 1. The molecule has 4 nitrogen and oxygen atoms in total. The maximum Gasteiger partial charge on any atom is 0.295 e. The van der Waals surface area contributed by atoms with Gasteiger partial charge in [-0.3, -0.25) is 10.1 Å². The fourth-order valence-corrected chi connectivity index (χ4v) is 2.12. The smallest absolute Gasteiger partial charge is 0.295 e. The van der Waals surface area contributed by atoms with E-state index in [0.29, 0.717) is 17.8 Å². The first kappa shape index (κ1) is 15.0. The van der Waals surface area contributed by atoms with E-state index in [1.54, 1.807) is 6.92 Å². The molecule has 0 unspecified atom stereocenters. The number of nitro groups is 1. The van der Waals surface area contributed by atoms with Gasteiger partial charge >= 0.3 is 0 Å². The van der Waals surface area contributed by atoms with E-state index in [9.17, 15) is 14.5 Å². The molecule has 0 aromatic heterocycles. The third-order valence-corrected chi connectivity index (χ3v) is 3.27. The van der Waals surface area contributed by atoms with Crippen LogP contribution in [0.1, 0.15) is 17.5 Å². The molecule has 0 saturated carbocycles. The van der Waals surface area contributed by atoms with Crippen LogP contribution in [0.5, 0.6) is 0 Å². The van der Waals surface area contributed by atoms with Gasteiger partial charge in [0.05, 0.1) is 11.0 Å². The van der Waals surface area contributed by atoms with Gasteiger partial charge in [-0.1, -0.05) is 30.3 Å². The van der Waals surface area contributed by atoms with Crippen LogP contribution in [-0.2, 0) is 6.42 Å². The topological polar surface area (TPSA) is 55.2 Å². The van der Waals surface area contributed by atoms with Crippen molar-refractivity contribution in [2.24, 2.45) is 0 Å². The number of benzene rings is 2. The standard InChI is InChI=1S/C16H17FN2O2/c1-12-10-15(16(19(20)21)11-14(12)17)18-9-5-8-13-6-3-2-4-7-13/h2-4,6-7,10-11,18H,5,8-9H2,1H3. The largest absolute Gasteiger partial charge is 0.379 e. The Hall–Kier alpha value is -2.43.